The first-order chi connectivity index (χ1) is 10.0. The number of ether oxygens (including phenoxy) is 1. The number of carbonyl (C=O) groups excluding carboxylic acids is 1. The van der Waals surface area contributed by atoms with Crippen LogP contribution in [0.15, 0.2) is 36.4 Å². The van der Waals surface area contributed by atoms with Gasteiger partial charge in [0.1, 0.15) is 17.4 Å². The monoisotopic (exact) mass is 290 g/mol. The Morgan fingerprint density at radius 3 is 2.38 bits per heavy atom. The molecule has 0 aromatic heterocycles. The Balaban J connectivity index is 2.26. The number of hydrogen-bond acceptors (Lipinski definition) is 2. The van der Waals surface area contributed by atoms with E-state index >= 15 is 0 Å². The normalized spacial score (nSPS) is 10.5. The Labute approximate surface area is 122 Å². The molecule has 2 aromatic carbocycles. The SMILES string of the molecule is CCCOc1ccc(C(=O)c2cc(C)c(F)cc2F)cc1. The van der Waals surface area contributed by atoms with E-state index in [0.29, 0.717) is 17.9 Å². The molecule has 0 bridgehead atoms. The third kappa shape index (κ3) is 3.45. The molecule has 0 saturated heterocycles. The average Bonchev–Trinajstić information content (AvgIpc) is 2.48. The second kappa shape index (κ2) is 6.48. The van der Waals surface area contributed by atoms with E-state index in [1.54, 1.807) is 24.3 Å². The van der Waals surface area contributed by atoms with Gasteiger partial charge >= 0.3 is 0 Å². The van der Waals surface area contributed by atoms with Gasteiger partial charge in [-0.2, -0.15) is 0 Å². The van der Waals surface area contributed by atoms with Crippen LogP contribution in [0.3, 0.4) is 0 Å². The maximum Gasteiger partial charge on any atom is 0.195 e. The van der Waals surface area contributed by atoms with Crippen LogP contribution >= 0.6 is 0 Å². The zero-order valence-electron chi connectivity index (χ0n) is 12.0. The number of rotatable bonds is 5. The number of carbonyl (C=O) groups is 1. The third-order valence-electron chi connectivity index (χ3n) is 3.08. The van der Waals surface area contributed by atoms with Crippen molar-refractivity contribution >= 4 is 5.78 Å². The van der Waals surface area contributed by atoms with Crippen molar-refractivity contribution in [3.63, 3.8) is 0 Å². The molecule has 110 valence electrons. The summed E-state index contributed by atoms with van der Waals surface area (Å²) in [4.78, 5) is 12.3. The molecule has 0 amide bonds. The summed E-state index contributed by atoms with van der Waals surface area (Å²) < 4.78 is 32.4. The van der Waals surface area contributed by atoms with Gasteiger partial charge in [-0.15, -0.1) is 0 Å². The van der Waals surface area contributed by atoms with Gasteiger partial charge in [-0.25, -0.2) is 8.78 Å². The Bertz CT molecular complexity index is 649. The summed E-state index contributed by atoms with van der Waals surface area (Å²) in [5.41, 5.74) is 0.447. The maximum atomic E-state index is 13.7. The fraction of sp³-hybridized carbons (Fsp3) is 0.235. The van der Waals surface area contributed by atoms with Crippen molar-refractivity contribution < 1.29 is 18.3 Å². The van der Waals surface area contributed by atoms with Gasteiger partial charge in [-0.1, -0.05) is 6.92 Å². The van der Waals surface area contributed by atoms with E-state index in [4.69, 9.17) is 4.74 Å². The number of aryl methyl sites for hydroxylation is 1. The summed E-state index contributed by atoms with van der Waals surface area (Å²) in [5, 5.41) is 0. The van der Waals surface area contributed by atoms with E-state index in [0.717, 1.165) is 12.5 Å². The molecule has 0 fully saturated rings. The van der Waals surface area contributed by atoms with Gasteiger partial charge in [0.15, 0.2) is 5.78 Å². The highest BCUT2D eigenvalue weighted by Crippen LogP contribution is 2.20. The minimum absolute atomic E-state index is 0.129. The van der Waals surface area contributed by atoms with E-state index < -0.39 is 17.4 Å². The molecule has 0 aliphatic heterocycles. The topological polar surface area (TPSA) is 26.3 Å². The van der Waals surface area contributed by atoms with Crippen LogP contribution in [-0.2, 0) is 0 Å². The summed E-state index contributed by atoms with van der Waals surface area (Å²) >= 11 is 0. The minimum atomic E-state index is -0.852. The van der Waals surface area contributed by atoms with Crippen LogP contribution < -0.4 is 4.74 Å². The molecule has 2 rings (SSSR count). The van der Waals surface area contributed by atoms with E-state index in [-0.39, 0.29) is 11.1 Å². The number of benzene rings is 2. The molecule has 2 nitrogen and oxygen atoms in total. The Hall–Kier alpha value is -2.23. The van der Waals surface area contributed by atoms with Crippen LogP contribution in [0.25, 0.3) is 0 Å². The summed E-state index contributed by atoms with van der Waals surface area (Å²) in [6.07, 6.45) is 0.890. The molecule has 0 aliphatic carbocycles. The lowest BCUT2D eigenvalue weighted by Crippen LogP contribution is -2.06. The van der Waals surface area contributed by atoms with Crippen molar-refractivity contribution in [2.45, 2.75) is 20.3 Å². The summed E-state index contributed by atoms with van der Waals surface area (Å²) in [6, 6.07) is 8.45. The molecule has 0 saturated carbocycles. The molecule has 0 atom stereocenters. The van der Waals surface area contributed by atoms with Crippen molar-refractivity contribution in [3.05, 3.63) is 64.7 Å². The zero-order chi connectivity index (χ0) is 15.4. The fourth-order valence-electron chi connectivity index (χ4n) is 1.91. The lowest BCUT2D eigenvalue weighted by Gasteiger charge is -2.07. The fourth-order valence-corrected chi connectivity index (χ4v) is 1.91. The Morgan fingerprint density at radius 2 is 1.76 bits per heavy atom. The largest absolute Gasteiger partial charge is 0.494 e. The van der Waals surface area contributed by atoms with Crippen molar-refractivity contribution in [2.24, 2.45) is 0 Å². The number of ketones is 1. The van der Waals surface area contributed by atoms with E-state index in [1.807, 2.05) is 6.92 Å². The molecule has 2 aromatic rings. The molecule has 0 radical (unpaired) electrons. The van der Waals surface area contributed by atoms with E-state index in [2.05, 4.69) is 0 Å². The van der Waals surface area contributed by atoms with Crippen LogP contribution in [-0.4, -0.2) is 12.4 Å². The van der Waals surface area contributed by atoms with Gasteiger partial charge < -0.3 is 4.74 Å². The second-order valence-electron chi connectivity index (χ2n) is 4.78. The van der Waals surface area contributed by atoms with Crippen molar-refractivity contribution in [1.82, 2.24) is 0 Å². The van der Waals surface area contributed by atoms with Crippen molar-refractivity contribution in [2.75, 3.05) is 6.61 Å². The molecule has 0 heterocycles. The van der Waals surface area contributed by atoms with Gasteiger partial charge in [-0.05, 0) is 49.2 Å². The molecule has 0 unspecified atom stereocenters. The lowest BCUT2D eigenvalue weighted by molar-refractivity contribution is 0.103. The molecule has 0 spiro atoms. The predicted molar refractivity (Wildman–Crippen MR) is 76.8 cm³/mol. The zero-order valence-corrected chi connectivity index (χ0v) is 12.0. The first-order valence-electron chi connectivity index (χ1n) is 6.76. The van der Waals surface area contributed by atoms with Crippen molar-refractivity contribution in [3.8, 4) is 5.75 Å². The van der Waals surface area contributed by atoms with Gasteiger partial charge in [0.05, 0.1) is 12.2 Å². The Morgan fingerprint density at radius 1 is 1.10 bits per heavy atom. The quantitative estimate of drug-likeness (QED) is 0.768. The van der Waals surface area contributed by atoms with Crippen LogP contribution in [0.2, 0.25) is 0 Å². The number of hydrogen-bond donors (Lipinski definition) is 0. The molecular weight excluding hydrogens is 274 g/mol. The molecular formula is C17H16F2O2. The molecule has 0 N–H and O–H groups in total. The van der Waals surface area contributed by atoms with Gasteiger partial charge in [-0.3, -0.25) is 4.79 Å². The lowest BCUT2D eigenvalue weighted by atomic mass is 10.0. The van der Waals surface area contributed by atoms with E-state index in [9.17, 15) is 13.6 Å². The van der Waals surface area contributed by atoms with E-state index in [1.165, 1.54) is 13.0 Å². The highest BCUT2D eigenvalue weighted by atomic mass is 19.1. The Kier molecular flexibility index (Phi) is 4.68. The first kappa shape index (κ1) is 15.2. The standard InChI is InChI=1S/C17H16F2O2/c1-3-8-21-13-6-4-12(5-7-13)17(20)14-9-11(2)15(18)10-16(14)19/h4-7,9-10H,3,8H2,1-2H3. The molecule has 4 heteroatoms. The summed E-state index contributed by atoms with van der Waals surface area (Å²) in [5.74, 6) is -1.33. The summed E-state index contributed by atoms with van der Waals surface area (Å²) in [7, 11) is 0. The minimum Gasteiger partial charge on any atom is -0.494 e. The highest BCUT2D eigenvalue weighted by molar-refractivity contribution is 6.09. The van der Waals surface area contributed by atoms with Crippen LogP contribution in [0.5, 0.6) is 5.75 Å². The van der Waals surface area contributed by atoms with Gasteiger partial charge in [0.25, 0.3) is 0 Å². The highest BCUT2D eigenvalue weighted by Gasteiger charge is 2.16. The second-order valence-corrected chi connectivity index (χ2v) is 4.78. The average molecular weight is 290 g/mol. The van der Waals surface area contributed by atoms with Crippen molar-refractivity contribution in [1.29, 1.82) is 0 Å². The van der Waals surface area contributed by atoms with Crippen LogP contribution in [0.1, 0.15) is 34.8 Å². The van der Waals surface area contributed by atoms with Crippen LogP contribution in [0.4, 0.5) is 8.78 Å². The van der Waals surface area contributed by atoms with Gasteiger partial charge in [0.2, 0.25) is 0 Å². The summed E-state index contributed by atoms with van der Waals surface area (Å²) in [6.45, 7) is 4.09. The molecule has 21 heavy (non-hydrogen) atoms. The third-order valence-corrected chi connectivity index (χ3v) is 3.08. The first-order valence-corrected chi connectivity index (χ1v) is 6.76. The van der Waals surface area contributed by atoms with Gasteiger partial charge in [0, 0.05) is 11.6 Å². The number of halogens is 2. The molecule has 0 aliphatic rings. The van der Waals surface area contributed by atoms with Crippen LogP contribution in [0, 0.1) is 18.6 Å². The maximum absolute atomic E-state index is 13.7. The predicted octanol–water partition coefficient (Wildman–Crippen LogP) is 4.29. The smallest absolute Gasteiger partial charge is 0.195 e.